The van der Waals surface area contributed by atoms with Crippen molar-refractivity contribution in [3.05, 3.63) is 12.2 Å². The maximum absolute atomic E-state index is 12.5. The summed E-state index contributed by atoms with van der Waals surface area (Å²) in [5, 5.41) is 62.6. The molecule has 4 rings (SSSR count). The van der Waals surface area contributed by atoms with Crippen LogP contribution in [0.1, 0.15) is 90.4 Å². The molecule has 11 atom stereocenters. The van der Waals surface area contributed by atoms with Gasteiger partial charge in [-0.15, -0.1) is 0 Å². The molecule has 2 fully saturated rings. The highest BCUT2D eigenvalue weighted by molar-refractivity contribution is 5.69. The lowest BCUT2D eigenvalue weighted by atomic mass is 9.97. The van der Waals surface area contributed by atoms with E-state index in [1.807, 2.05) is 6.92 Å². The third-order valence-electron chi connectivity index (χ3n) is 8.22. The topological polar surface area (TPSA) is 185 Å². The molecule has 0 spiro atoms. The van der Waals surface area contributed by atoms with Crippen molar-refractivity contribution >= 4 is 5.97 Å². The minimum atomic E-state index is -1.73. The number of aliphatic hydroxyl groups excluding tert-OH is 6. The van der Waals surface area contributed by atoms with Gasteiger partial charge in [0.15, 0.2) is 18.7 Å². The third-order valence-corrected chi connectivity index (χ3v) is 8.22. The number of fused-ring (bicyclic) bond motifs is 19. The fraction of sp³-hybridized carbons (Fsp3) is 0.900. The van der Waals surface area contributed by atoms with Crippen molar-refractivity contribution in [2.24, 2.45) is 0 Å². The Morgan fingerprint density at radius 2 is 1.21 bits per heavy atom. The van der Waals surface area contributed by atoms with E-state index in [0.29, 0.717) is 12.8 Å². The number of carbonyl (C=O) groups is 1. The van der Waals surface area contributed by atoms with Crippen LogP contribution in [0.2, 0.25) is 0 Å². The third kappa shape index (κ3) is 10.5. The van der Waals surface area contributed by atoms with Crippen LogP contribution in [-0.2, 0) is 28.5 Å². The summed E-state index contributed by atoms with van der Waals surface area (Å²) < 4.78 is 28.7. The molecule has 3 unspecified atom stereocenters. The molecule has 4 aliphatic heterocycles. The van der Waals surface area contributed by atoms with Crippen molar-refractivity contribution in [3.8, 4) is 0 Å². The molecule has 0 aromatic carbocycles. The highest BCUT2D eigenvalue weighted by Gasteiger charge is 2.52. The van der Waals surface area contributed by atoms with Gasteiger partial charge < -0.3 is 54.3 Å². The molecule has 6 N–H and O–H groups in total. The summed E-state index contributed by atoms with van der Waals surface area (Å²) in [7, 11) is 0. The summed E-state index contributed by atoms with van der Waals surface area (Å²) in [5.74, 6) is -0.575. The van der Waals surface area contributed by atoms with Crippen LogP contribution in [-0.4, -0.2) is 117 Å². The molecule has 12 heteroatoms. The zero-order valence-corrected chi connectivity index (χ0v) is 24.7. The van der Waals surface area contributed by atoms with Gasteiger partial charge in [0, 0.05) is 6.42 Å². The van der Waals surface area contributed by atoms with Crippen LogP contribution in [0.15, 0.2) is 12.2 Å². The van der Waals surface area contributed by atoms with Gasteiger partial charge in [0.2, 0.25) is 0 Å². The van der Waals surface area contributed by atoms with Gasteiger partial charge in [-0.05, 0) is 45.4 Å². The number of rotatable bonds is 2. The van der Waals surface area contributed by atoms with Gasteiger partial charge in [0.1, 0.15) is 42.7 Å². The van der Waals surface area contributed by atoms with Crippen molar-refractivity contribution in [2.75, 3.05) is 13.2 Å². The summed E-state index contributed by atoms with van der Waals surface area (Å²) >= 11 is 0. The van der Waals surface area contributed by atoms with Gasteiger partial charge in [-0.3, -0.25) is 4.79 Å². The Kier molecular flexibility index (Phi) is 15.6. The number of carbonyl (C=O) groups excluding carboxylic acids is 1. The maximum Gasteiger partial charge on any atom is 0.306 e. The molecule has 244 valence electrons. The quantitative estimate of drug-likeness (QED) is 0.196. The molecule has 0 radical (unpaired) electrons. The van der Waals surface area contributed by atoms with E-state index in [4.69, 9.17) is 23.7 Å². The molecule has 12 nitrogen and oxygen atoms in total. The number of ether oxygens (including phenoxy) is 5. The van der Waals surface area contributed by atoms with Crippen LogP contribution < -0.4 is 0 Å². The largest absolute Gasteiger partial charge is 0.457 e. The van der Waals surface area contributed by atoms with Crippen LogP contribution >= 0.6 is 0 Å². The fourth-order valence-electron chi connectivity index (χ4n) is 5.63. The molecule has 0 saturated carbocycles. The second-order valence-electron chi connectivity index (χ2n) is 11.7. The van der Waals surface area contributed by atoms with Gasteiger partial charge in [0.25, 0.3) is 0 Å². The van der Waals surface area contributed by atoms with Crippen LogP contribution in [0.3, 0.4) is 0 Å². The van der Waals surface area contributed by atoms with Crippen molar-refractivity contribution < 1.29 is 59.1 Å². The average Bonchev–Trinajstić information content (AvgIpc) is 2.97. The standard InChI is InChI=1S/C30H52O12/c1-19-15-13-11-9-7-5-3-2-4-6-8-10-12-14-16-22(33)41-27-21(18-32)40-29(26(37)25(27)36)42-28-24(35)23(34)20(17-31)39-30(28)38-19/h2-3,19-21,23-32,34-37H,4-18H2,1H3/b3-2-/t19?,20-,21-,23-,24+,25-,26-,27+,28+,29?,30?/m0/s1. The smallest absolute Gasteiger partial charge is 0.306 e. The summed E-state index contributed by atoms with van der Waals surface area (Å²) in [6.07, 6.45) is 1.47. The zero-order valence-electron chi connectivity index (χ0n) is 24.7. The Labute approximate surface area is 248 Å². The van der Waals surface area contributed by atoms with Gasteiger partial charge in [-0.25, -0.2) is 0 Å². The molecule has 2 bridgehead atoms. The summed E-state index contributed by atoms with van der Waals surface area (Å²) in [6.45, 7) is 0.625. The first kappa shape index (κ1) is 35.3. The molecule has 4 heterocycles. The van der Waals surface area contributed by atoms with E-state index in [-0.39, 0.29) is 12.5 Å². The van der Waals surface area contributed by atoms with E-state index in [1.165, 1.54) is 0 Å². The number of aliphatic hydroxyl groups is 6. The summed E-state index contributed by atoms with van der Waals surface area (Å²) in [6, 6.07) is 0. The molecule has 0 aliphatic carbocycles. The second-order valence-corrected chi connectivity index (χ2v) is 11.7. The monoisotopic (exact) mass is 604 g/mol. The van der Waals surface area contributed by atoms with Crippen LogP contribution in [0.5, 0.6) is 0 Å². The number of allylic oxidation sites excluding steroid dienone is 2. The number of hydrogen-bond donors (Lipinski definition) is 6. The molecule has 0 aromatic rings. The summed E-state index contributed by atoms with van der Waals surface area (Å²) in [4.78, 5) is 12.5. The van der Waals surface area contributed by atoms with Gasteiger partial charge in [0.05, 0.1) is 19.3 Å². The van der Waals surface area contributed by atoms with E-state index < -0.39 is 80.6 Å². The second kappa shape index (κ2) is 18.6. The van der Waals surface area contributed by atoms with Crippen LogP contribution in [0.25, 0.3) is 0 Å². The highest BCUT2D eigenvalue weighted by atomic mass is 16.8. The van der Waals surface area contributed by atoms with Gasteiger partial charge in [-0.1, -0.05) is 50.7 Å². The Balaban J connectivity index is 1.72. The Morgan fingerprint density at radius 1 is 0.643 bits per heavy atom. The first-order chi connectivity index (χ1) is 20.3. The molecule has 0 aromatic heterocycles. The normalized spacial score (nSPS) is 41.9. The minimum absolute atomic E-state index is 0.129. The molecule has 0 amide bonds. The lowest BCUT2D eigenvalue weighted by Gasteiger charge is -2.46. The van der Waals surface area contributed by atoms with Crippen molar-refractivity contribution in [2.45, 2.75) is 158 Å². The van der Waals surface area contributed by atoms with Crippen molar-refractivity contribution in [1.29, 1.82) is 0 Å². The summed E-state index contributed by atoms with van der Waals surface area (Å²) in [5.41, 5.74) is 0. The van der Waals surface area contributed by atoms with Crippen LogP contribution in [0.4, 0.5) is 0 Å². The molecule has 2 saturated heterocycles. The van der Waals surface area contributed by atoms with E-state index >= 15 is 0 Å². The lowest BCUT2D eigenvalue weighted by Crippen LogP contribution is -2.65. The fourth-order valence-corrected chi connectivity index (χ4v) is 5.63. The number of esters is 1. The molecule has 42 heavy (non-hydrogen) atoms. The van der Waals surface area contributed by atoms with E-state index in [9.17, 15) is 35.4 Å². The SMILES string of the molecule is CC1CCCCCC/C=C\CCCCCCCC(=O)O[C@H]2[C@@H](O)[C@H](O)C(O[C@H]2CO)O[C@H]2C(O1)O[C@@H](CO)[C@H](O)[C@H]2O. The van der Waals surface area contributed by atoms with Gasteiger partial charge in [-0.2, -0.15) is 0 Å². The first-order valence-corrected chi connectivity index (χ1v) is 15.7. The molecular formula is C30H52O12. The Morgan fingerprint density at radius 3 is 1.88 bits per heavy atom. The molecular weight excluding hydrogens is 552 g/mol. The van der Waals surface area contributed by atoms with Crippen molar-refractivity contribution in [3.63, 3.8) is 0 Å². The minimum Gasteiger partial charge on any atom is -0.457 e. The Hall–Kier alpha value is -1.19. The zero-order chi connectivity index (χ0) is 30.5. The number of hydrogen-bond acceptors (Lipinski definition) is 12. The predicted molar refractivity (Wildman–Crippen MR) is 150 cm³/mol. The van der Waals surface area contributed by atoms with Crippen LogP contribution in [0, 0.1) is 0 Å². The van der Waals surface area contributed by atoms with E-state index in [1.54, 1.807) is 0 Å². The van der Waals surface area contributed by atoms with Gasteiger partial charge >= 0.3 is 5.97 Å². The predicted octanol–water partition coefficient (Wildman–Crippen LogP) is 1.21. The first-order valence-electron chi connectivity index (χ1n) is 15.7. The Bertz CT molecular complexity index is 794. The highest BCUT2D eigenvalue weighted by Crippen LogP contribution is 2.31. The van der Waals surface area contributed by atoms with Crippen molar-refractivity contribution in [1.82, 2.24) is 0 Å². The van der Waals surface area contributed by atoms with E-state index in [0.717, 1.165) is 64.2 Å². The maximum atomic E-state index is 12.5. The average molecular weight is 605 g/mol. The molecule has 4 aliphatic rings. The van der Waals surface area contributed by atoms with E-state index in [2.05, 4.69) is 12.2 Å². The lowest BCUT2D eigenvalue weighted by molar-refractivity contribution is -0.371.